The van der Waals surface area contributed by atoms with Gasteiger partial charge in [0.05, 0.1) is 17.1 Å². The topological polar surface area (TPSA) is 85.2 Å². The van der Waals surface area contributed by atoms with Gasteiger partial charge in [0.1, 0.15) is 12.1 Å². The van der Waals surface area contributed by atoms with Crippen LogP contribution in [0.5, 0.6) is 0 Å². The van der Waals surface area contributed by atoms with Gasteiger partial charge in [-0.05, 0) is 44.4 Å². The number of rotatable bonds is 5. The molecule has 0 aromatic heterocycles. The summed E-state index contributed by atoms with van der Waals surface area (Å²) >= 11 is 5.86. The van der Waals surface area contributed by atoms with E-state index in [-0.39, 0.29) is 18.4 Å². The lowest BCUT2D eigenvalue weighted by Gasteiger charge is -2.29. The van der Waals surface area contributed by atoms with Crippen molar-refractivity contribution in [3.05, 3.63) is 28.8 Å². The molecule has 1 aliphatic heterocycles. The molecule has 6 nitrogen and oxygen atoms in total. The minimum atomic E-state index is -0.544. The highest BCUT2D eigenvalue weighted by atomic mass is 35.5. The van der Waals surface area contributed by atoms with Crippen molar-refractivity contribution in [1.82, 2.24) is 10.2 Å². The molecule has 1 fully saturated rings. The Morgan fingerprint density at radius 1 is 1.33 bits per heavy atom. The summed E-state index contributed by atoms with van der Waals surface area (Å²) in [5.74, 6) is -0.317. The fourth-order valence-corrected chi connectivity index (χ4v) is 2.81. The zero-order valence-electron chi connectivity index (χ0n) is 13.6. The van der Waals surface area contributed by atoms with Crippen molar-refractivity contribution in [2.24, 2.45) is 0 Å². The van der Waals surface area contributed by atoms with Crippen LogP contribution >= 0.6 is 11.6 Å². The maximum absolute atomic E-state index is 12.3. The van der Waals surface area contributed by atoms with Crippen LogP contribution in [0.1, 0.15) is 31.7 Å². The van der Waals surface area contributed by atoms with Gasteiger partial charge < -0.3 is 15.5 Å². The van der Waals surface area contributed by atoms with Gasteiger partial charge in [-0.25, -0.2) is 0 Å². The van der Waals surface area contributed by atoms with Crippen LogP contribution in [0.2, 0.25) is 5.02 Å². The zero-order chi connectivity index (χ0) is 17.5. The first-order chi connectivity index (χ1) is 11.5. The molecule has 0 bridgehead atoms. The number of hydrogen-bond acceptors (Lipinski definition) is 4. The quantitative estimate of drug-likeness (QED) is 0.853. The molecule has 1 aliphatic rings. The third-order valence-corrected chi connectivity index (χ3v) is 4.29. The van der Waals surface area contributed by atoms with Crippen LogP contribution in [0.25, 0.3) is 0 Å². The van der Waals surface area contributed by atoms with Gasteiger partial charge in [0.25, 0.3) is 0 Å². The predicted molar refractivity (Wildman–Crippen MR) is 92.7 cm³/mol. The molecule has 2 N–H and O–H groups in total. The van der Waals surface area contributed by atoms with E-state index in [0.717, 1.165) is 32.4 Å². The summed E-state index contributed by atoms with van der Waals surface area (Å²) < 4.78 is 0. The molecule has 1 heterocycles. The molecule has 1 aromatic rings. The van der Waals surface area contributed by atoms with E-state index in [9.17, 15) is 9.59 Å². The fraction of sp³-hybridized carbons (Fsp3) is 0.471. The summed E-state index contributed by atoms with van der Waals surface area (Å²) in [7, 11) is 0. The number of nitrogens with one attached hydrogen (secondary N) is 2. The van der Waals surface area contributed by atoms with E-state index in [2.05, 4.69) is 10.6 Å². The van der Waals surface area contributed by atoms with Crippen LogP contribution in [0.4, 0.5) is 5.69 Å². The van der Waals surface area contributed by atoms with Crippen LogP contribution in [-0.2, 0) is 9.59 Å². The molecule has 0 saturated carbocycles. The fourth-order valence-electron chi connectivity index (χ4n) is 2.65. The molecular formula is C17H21ClN4O2. The Hall–Kier alpha value is -2.26. The second-order valence-electron chi connectivity index (χ2n) is 5.84. The number of nitrogens with zero attached hydrogens (tertiary/aromatic N) is 2. The first-order valence-corrected chi connectivity index (χ1v) is 8.40. The average molecular weight is 349 g/mol. The average Bonchev–Trinajstić information content (AvgIpc) is 2.61. The Bertz CT molecular complexity index is 650. The Kier molecular flexibility index (Phi) is 6.44. The number of piperidine rings is 1. The lowest BCUT2D eigenvalue weighted by molar-refractivity contribution is -0.136. The molecule has 2 rings (SSSR count). The predicted octanol–water partition coefficient (Wildman–Crippen LogP) is 2.14. The minimum Gasteiger partial charge on any atom is -0.376 e. The van der Waals surface area contributed by atoms with Gasteiger partial charge in [-0.1, -0.05) is 11.6 Å². The minimum absolute atomic E-state index is 0.0180. The van der Waals surface area contributed by atoms with Gasteiger partial charge in [-0.2, -0.15) is 5.26 Å². The van der Waals surface area contributed by atoms with Crippen LogP contribution in [0.15, 0.2) is 18.2 Å². The summed E-state index contributed by atoms with van der Waals surface area (Å²) in [6, 6.07) is 6.31. The Morgan fingerprint density at radius 2 is 2.04 bits per heavy atom. The Morgan fingerprint density at radius 3 is 2.71 bits per heavy atom. The monoisotopic (exact) mass is 348 g/mol. The highest BCUT2D eigenvalue weighted by molar-refractivity contribution is 6.31. The second-order valence-corrected chi connectivity index (χ2v) is 6.24. The number of likely N-dealkylation sites (tertiary alicyclic amines) is 1. The maximum Gasteiger partial charge on any atom is 0.244 e. The lowest BCUT2D eigenvalue weighted by Crippen LogP contribution is -2.49. The van der Waals surface area contributed by atoms with E-state index < -0.39 is 6.04 Å². The van der Waals surface area contributed by atoms with Crippen LogP contribution in [-0.4, -0.2) is 42.4 Å². The summed E-state index contributed by atoms with van der Waals surface area (Å²) in [5, 5.41) is 14.9. The molecule has 1 aromatic carbocycles. The smallest absolute Gasteiger partial charge is 0.244 e. The molecule has 0 aliphatic carbocycles. The van der Waals surface area contributed by atoms with Gasteiger partial charge >= 0.3 is 0 Å². The maximum atomic E-state index is 12.3. The number of nitriles is 1. The molecule has 7 heteroatoms. The van der Waals surface area contributed by atoms with E-state index in [1.165, 1.54) is 0 Å². The van der Waals surface area contributed by atoms with Crippen molar-refractivity contribution in [2.45, 2.75) is 32.2 Å². The van der Waals surface area contributed by atoms with Gasteiger partial charge in [0.2, 0.25) is 11.8 Å². The number of hydrogen-bond donors (Lipinski definition) is 2. The number of carbonyl (C=O) groups is 2. The van der Waals surface area contributed by atoms with Gasteiger partial charge in [0, 0.05) is 18.8 Å². The molecule has 1 atom stereocenters. The standard InChI is InChI=1S/C17H21ClN4O2/c1-12(17(24)22-7-3-2-4-8-22)21-16(23)11-20-14-5-6-15(18)13(9-14)10-19/h5-6,9,12,20H,2-4,7-8,11H2,1H3,(H,21,23)/t12-/m1/s1. The Balaban J connectivity index is 1.82. The SMILES string of the molecule is C[C@@H](NC(=O)CNc1ccc(Cl)c(C#N)c1)C(=O)N1CCCCC1. The normalized spacial score (nSPS) is 15.3. The van der Waals surface area contributed by atoms with Crippen LogP contribution < -0.4 is 10.6 Å². The van der Waals surface area contributed by atoms with E-state index in [4.69, 9.17) is 16.9 Å². The van der Waals surface area contributed by atoms with Crippen LogP contribution in [0, 0.1) is 11.3 Å². The number of anilines is 1. The van der Waals surface area contributed by atoms with Crippen LogP contribution in [0.3, 0.4) is 0 Å². The molecule has 2 amide bonds. The van der Waals surface area contributed by atoms with Crippen molar-refractivity contribution >= 4 is 29.1 Å². The summed E-state index contributed by atoms with van der Waals surface area (Å²) in [4.78, 5) is 26.1. The molecular weight excluding hydrogens is 328 g/mol. The number of halogens is 1. The van der Waals surface area contributed by atoms with Gasteiger partial charge in [-0.15, -0.1) is 0 Å². The number of amides is 2. The van der Waals surface area contributed by atoms with Crippen molar-refractivity contribution in [3.63, 3.8) is 0 Å². The molecule has 0 spiro atoms. The van der Waals surface area contributed by atoms with E-state index in [1.807, 2.05) is 6.07 Å². The zero-order valence-corrected chi connectivity index (χ0v) is 14.4. The van der Waals surface area contributed by atoms with Crippen molar-refractivity contribution in [3.8, 4) is 6.07 Å². The van der Waals surface area contributed by atoms with Crippen molar-refractivity contribution in [2.75, 3.05) is 25.0 Å². The van der Waals surface area contributed by atoms with E-state index in [0.29, 0.717) is 16.3 Å². The molecule has 0 unspecified atom stereocenters. The first kappa shape index (κ1) is 18.1. The van der Waals surface area contributed by atoms with Crippen molar-refractivity contribution in [1.29, 1.82) is 5.26 Å². The third kappa shape index (κ3) is 4.87. The van der Waals surface area contributed by atoms with E-state index >= 15 is 0 Å². The second kappa shape index (κ2) is 8.55. The van der Waals surface area contributed by atoms with Crippen molar-refractivity contribution < 1.29 is 9.59 Å². The summed E-state index contributed by atoms with van der Waals surface area (Å²) in [6.07, 6.45) is 3.19. The molecule has 128 valence electrons. The lowest BCUT2D eigenvalue weighted by atomic mass is 10.1. The third-order valence-electron chi connectivity index (χ3n) is 3.96. The van der Waals surface area contributed by atoms with Gasteiger partial charge in [0.15, 0.2) is 0 Å². The largest absolute Gasteiger partial charge is 0.376 e. The molecule has 24 heavy (non-hydrogen) atoms. The first-order valence-electron chi connectivity index (χ1n) is 8.03. The summed E-state index contributed by atoms with van der Waals surface area (Å²) in [5.41, 5.74) is 0.969. The molecule has 1 saturated heterocycles. The highest BCUT2D eigenvalue weighted by Crippen LogP contribution is 2.19. The highest BCUT2D eigenvalue weighted by Gasteiger charge is 2.23. The number of carbonyl (C=O) groups excluding carboxylic acids is 2. The van der Waals surface area contributed by atoms with E-state index in [1.54, 1.807) is 30.0 Å². The summed E-state index contributed by atoms with van der Waals surface area (Å²) in [6.45, 7) is 3.24. The van der Waals surface area contributed by atoms with Gasteiger partial charge in [-0.3, -0.25) is 9.59 Å². The number of benzene rings is 1. The Labute approximate surface area is 146 Å². The molecule has 0 radical (unpaired) electrons.